The van der Waals surface area contributed by atoms with Gasteiger partial charge in [0.15, 0.2) is 11.4 Å². The van der Waals surface area contributed by atoms with Gasteiger partial charge in [-0.15, -0.1) is 0 Å². The van der Waals surface area contributed by atoms with E-state index < -0.39 is 0 Å². The average Bonchev–Trinajstić information content (AvgIpc) is 3.24. The van der Waals surface area contributed by atoms with Crippen LogP contribution in [0.3, 0.4) is 0 Å². The van der Waals surface area contributed by atoms with Crippen LogP contribution in [-0.2, 0) is 0 Å². The highest BCUT2D eigenvalue weighted by molar-refractivity contribution is 5.97. The molecule has 0 saturated carbocycles. The van der Waals surface area contributed by atoms with Crippen LogP contribution in [0.2, 0.25) is 0 Å². The maximum absolute atomic E-state index is 13.4. The molecule has 4 rings (SSSR count). The fraction of sp³-hybridized carbons (Fsp3) is 0.440. The third-order valence-corrected chi connectivity index (χ3v) is 6.20. The first-order chi connectivity index (χ1) is 15.6. The van der Waals surface area contributed by atoms with Crippen molar-refractivity contribution >= 4 is 22.4 Å². The van der Waals surface area contributed by atoms with Crippen molar-refractivity contribution in [3.05, 3.63) is 53.5 Å². The highest BCUT2D eigenvalue weighted by Gasteiger charge is 2.25. The van der Waals surface area contributed by atoms with Gasteiger partial charge in [0.1, 0.15) is 11.6 Å². The number of fused-ring (bicyclic) bond motifs is 1. The van der Waals surface area contributed by atoms with Crippen LogP contribution in [0.4, 0.5) is 10.1 Å². The first-order valence-corrected chi connectivity index (χ1v) is 11.3. The van der Waals surface area contributed by atoms with E-state index in [9.17, 15) is 9.18 Å². The fourth-order valence-corrected chi connectivity index (χ4v) is 4.35. The lowest BCUT2D eigenvalue weighted by atomic mass is 9.91. The number of ketones is 1. The lowest BCUT2D eigenvalue weighted by Gasteiger charge is -2.31. The number of carbonyl (C=O) groups is 1. The molecule has 1 N–H and O–H groups in total. The Hall–Kier alpha value is -2.93. The highest BCUT2D eigenvalue weighted by atomic mass is 19.1. The molecule has 3 aromatic rings. The molecule has 0 unspecified atom stereocenters. The first-order valence-electron chi connectivity index (χ1n) is 11.3. The van der Waals surface area contributed by atoms with E-state index in [1.165, 1.54) is 12.1 Å². The van der Waals surface area contributed by atoms with Gasteiger partial charge in [-0.3, -0.25) is 4.79 Å². The molecule has 0 radical (unpaired) electrons. The molecule has 1 fully saturated rings. The summed E-state index contributed by atoms with van der Waals surface area (Å²) >= 11 is 0. The summed E-state index contributed by atoms with van der Waals surface area (Å²) in [4.78, 5) is 14.4. The Morgan fingerprint density at radius 1 is 1.25 bits per heavy atom. The van der Waals surface area contributed by atoms with Gasteiger partial charge in [-0.25, -0.2) is 4.39 Å². The number of nitrogens with one attached hydrogen (secondary N) is 1. The number of hydrogen-bond acceptors (Lipinski definition) is 6. The van der Waals surface area contributed by atoms with Crippen molar-refractivity contribution in [2.24, 2.45) is 0 Å². The lowest BCUT2D eigenvalue weighted by Crippen LogP contribution is -2.34. The monoisotopic (exact) mass is 439 g/mol. The van der Waals surface area contributed by atoms with Crippen LogP contribution >= 0.6 is 0 Å². The second-order valence-corrected chi connectivity index (χ2v) is 8.26. The van der Waals surface area contributed by atoms with E-state index in [1.807, 2.05) is 32.2 Å². The molecule has 0 atom stereocenters. The number of Topliss-reactive ketones (excluding diaryl/α,β-unsaturated/α-hetero) is 1. The minimum absolute atomic E-state index is 0.127. The van der Waals surface area contributed by atoms with Crippen molar-refractivity contribution in [3.8, 4) is 5.75 Å². The number of aromatic nitrogens is 1. The van der Waals surface area contributed by atoms with Gasteiger partial charge in [0.25, 0.3) is 0 Å². The van der Waals surface area contributed by atoms with E-state index in [0.717, 1.165) is 61.4 Å². The van der Waals surface area contributed by atoms with E-state index in [-0.39, 0.29) is 11.6 Å². The van der Waals surface area contributed by atoms with E-state index >= 15 is 0 Å². The van der Waals surface area contributed by atoms with Crippen molar-refractivity contribution in [1.82, 2.24) is 10.1 Å². The number of carbonyl (C=O) groups excluding carboxylic acids is 1. The maximum atomic E-state index is 13.4. The summed E-state index contributed by atoms with van der Waals surface area (Å²) in [6, 6.07) is 10.2. The minimum Gasteiger partial charge on any atom is -0.491 e. The minimum atomic E-state index is -0.301. The van der Waals surface area contributed by atoms with E-state index in [0.29, 0.717) is 30.1 Å². The summed E-state index contributed by atoms with van der Waals surface area (Å²) in [6.07, 6.45) is 3.44. The standard InChI is InChI=1S/C25H30FN3O3/c1-3-22(30)18-5-8-23(21(15-18)27-2)31-14-4-11-29-12-9-17(10-13-29)25-20-7-6-19(26)16-24(20)32-28-25/h5-8,15-17,27H,3-4,9-14H2,1-2H3. The number of rotatable bonds is 9. The Balaban J connectivity index is 1.24. The zero-order chi connectivity index (χ0) is 22.5. The SMILES string of the molecule is CCC(=O)c1ccc(OCCCN2CCC(c3noc4cc(F)ccc34)CC2)c(NC)c1. The predicted molar refractivity (Wildman–Crippen MR) is 123 cm³/mol. The Labute approximate surface area is 187 Å². The van der Waals surface area contributed by atoms with Crippen LogP contribution in [0.15, 0.2) is 40.9 Å². The number of halogens is 1. The largest absolute Gasteiger partial charge is 0.491 e. The molecule has 1 aliphatic rings. The van der Waals surface area contributed by atoms with Gasteiger partial charge in [0.2, 0.25) is 0 Å². The smallest absolute Gasteiger partial charge is 0.170 e. The third kappa shape index (κ3) is 4.93. The summed E-state index contributed by atoms with van der Waals surface area (Å²) < 4.78 is 24.7. The number of hydrogen-bond donors (Lipinski definition) is 1. The van der Waals surface area contributed by atoms with E-state index in [1.54, 1.807) is 6.07 Å². The number of benzene rings is 2. The molecule has 1 aliphatic heterocycles. The van der Waals surface area contributed by atoms with E-state index in [2.05, 4.69) is 15.4 Å². The number of likely N-dealkylation sites (tertiary alicyclic amines) is 1. The molecule has 0 aliphatic carbocycles. The number of ether oxygens (including phenoxy) is 1. The molecule has 170 valence electrons. The van der Waals surface area contributed by atoms with Gasteiger partial charge in [-0.2, -0.15) is 0 Å². The predicted octanol–water partition coefficient (Wildman–Crippen LogP) is 5.25. The van der Waals surface area contributed by atoms with Gasteiger partial charge >= 0.3 is 0 Å². The van der Waals surface area contributed by atoms with Crippen LogP contribution in [0.1, 0.15) is 54.6 Å². The Kier molecular flexibility index (Phi) is 7.05. The lowest BCUT2D eigenvalue weighted by molar-refractivity contribution is 0.0988. The van der Waals surface area contributed by atoms with Gasteiger partial charge in [0.05, 0.1) is 18.0 Å². The Bertz CT molecular complexity index is 1070. The number of nitrogens with zero attached hydrogens (tertiary/aromatic N) is 2. The zero-order valence-electron chi connectivity index (χ0n) is 18.7. The average molecular weight is 440 g/mol. The molecule has 7 heteroatoms. The molecule has 1 saturated heterocycles. The van der Waals surface area contributed by atoms with Crippen LogP contribution in [0.5, 0.6) is 5.75 Å². The van der Waals surface area contributed by atoms with Gasteiger partial charge < -0.3 is 19.5 Å². The molecule has 0 bridgehead atoms. The zero-order valence-corrected chi connectivity index (χ0v) is 18.7. The number of piperidine rings is 1. The normalized spacial score (nSPS) is 15.2. The van der Waals surface area contributed by atoms with Gasteiger partial charge in [0, 0.05) is 42.9 Å². The summed E-state index contributed by atoms with van der Waals surface area (Å²) in [5.74, 6) is 0.941. The quantitative estimate of drug-likeness (QED) is 0.363. The third-order valence-electron chi connectivity index (χ3n) is 6.20. The summed E-state index contributed by atoms with van der Waals surface area (Å²) in [5, 5.41) is 8.26. The fourth-order valence-electron chi connectivity index (χ4n) is 4.35. The summed E-state index contributed by atoms with van der Waals surface area (Å²) in [7, 11) is 1.83. The van der Waals surface area contributed by atoms with Crippen molar-refractivity contribution in [2.75, 3.05) is 38.6 Å². The molecular formula is C25H30FN3O3. The van der Waals surface area contributed by atoms with Crippen molar-refractivity contribution in [1.29, 1.82) is 0 Å². The second-order valence-electron chi connectivity index (χ2n) is 8.26. The Morgan fingerprint density at radius 3 is 2.81 bits per heavy atom. The maximum Gasteiger partial charge on any atom is 0.170 e. The van der Waals surface area contributed by atoms with Gasteiger partial charge in [-0.1, -0.05) is 12.1 Å². The van der Waals surface area contributed by atoms with Gasteiger partial charge in [-0.05, 0) is 62.7 Å². The van der Waals surface area contributed by atoms with E-state index in [4.69, 9.17) is 9.26 Å². The topological polar surface area (TPSA) is 67.6 Å². The molecule has 2 heterocycles. The summed E-state index contributed by atoms with van der Waals surface area (Å²) in [5.41, 5.74) is 3.02. The second kappa shape index (κ2) is 10.1. The van der Waals surface area contributed by atoms with Crippen LogP contribution < -0.4 is 10.1 Å². The van der Waals surface area contributed by atoms with Crippen molar-refractivity contribution in [3.63, 3.8) is 0 Å². The van der Waals surface area contributed by atoms with Crippen LogP contribution in [-0.4, -0.2) is 49.1 Å². The first kappa shape index (κ1) is 22.3. The molecule has 6 nitrogen and oxygen atoms in total. The highest BCUT2D eigenvalue weighted by Crippen LogP contribution is 2.33. The molecule has 0 amide bonds. The molecule has 32 heavy (non-hydrogen) atoms. The van der Waals surface area contributed by atoms with Crippen LogP contribution in [0, 0.1) is 5.82 Å². The molecule has 1 aromatic heterocycles. The van der Waals surface area contributed by atoms with Crippen molar-refractivity contribution < 1.29 is 18.4 Å². The van der Waals surface area contributed by atoms with Crippen molar-refractivity contribution in [2.45, 2.75) is 38.5 Å². The number of anilines is 1. The Morgan fingerprint density at radius 2 is 2.06 bits per heavy atom. The molecular weight excluding hydrogens is 409 g/mol. The molecule has 2 aromatic carbocycles. The van der Waals surface area contributed by atoms with Crippen LogP contribution in [0.25, 0.3) is 11.0 Å². The summed E-state index contributed by atoms with van der Waals surface area (Å²) in [6.45, 7) is 5.45. The molecule has 0 spiro atoms.